The number of ether oxygens (including phenoxy) is 1. The maximum atomic E-state index is 10.4. The fourth-order valence-electron chi connectivity index (χ4n) is 1.56. The highest BCUT2D eigenvalue weighted by molar-refractivity contribution is 5.56. The summed E-state index contributed by atoms with van der Waals surface area (Å²) in [5.41, 5.74) is 1.64. The van der Waals surface area contributed by atoms with Crippen molar-refractivity contribution in [2.45, 2.75) is 26.2 Å². The molecule has 1 aromatic carbocycles. The summed E-state index contributed by atoms with van der Waals surface area (Å²) < 4.78 is 5.16. The quantitative estimate of drug-likeness (QED) is 0.773. The van der Waals surface area contributed by atoms with Gasteiger partial charge in [-0.1, -0.05) is 19.1 Å². The summed E-state index contributed by atoms with van der Waals surface area (Å²) in [4.78, 5) is 10.4. The molecule has 0 aliphatic heterocycles. The average molecular weight is 208 g/mol. The van der Waals surface area contributed by atoms with Gasteiger partial charge in [-0.15, -0.1) is 0 Å². The van der Waals surface area contributed by atoms with Gasteiger partial charge in [0, 0.05) is 12.0 Å². The Hall–Kier alpha value is -1.51. The molecule has 0 saturated heterocycles. The summed E-state index contributed by atoms with van der Waals surface area (Å²) >= 11 is 0. The Morgan fingerprint density at radius 3 is 2.73 bits per heavy atom. The van der Waals surface area contributed by atoms with E-state index in [4.69, 9.17) is 4.74 Å². The van der Waals surface area contributed by atoms with Gasteiger partial charge < -0.3 is 14.6 Å². The van der Waals surface area contributed by atoms with E-state index in [1.54, 1.807) is 0 Å². The van der Waals surface area contributed by atoms with Gasteiger partial charge in [0.2, 0.25) is 0 Å². The van der Waals surface area contributed by atoms with Gasteiger partial charge in [0.15, 0.2) is 11.5 Å². The molecule has 0 aromatic heterocycles. The monoisotopic (exact) mass is 208 g/mol. The van der Waals surface area contributed by atoms with E-state index in [1.807, 2.05) is 26.0 Å². The normalized spacial score (nSPS) is 12.2. The number of rotatable bonds is 4. The van der Waals surface area contributed by atoms with Gasteiger partial charge in [0.1, 0.15) is 6.29 Å². The van der Waals surface area contributed by atoms with Crippen LogP contribution in [0.5, 0.6) is 11.5 Å². The molecule has 3 nitrogen and oxygen atoms in total. The molecule has 1 N–H and O–H groups in total. The maximum Gasteiger partial charge on any atom is 0.164 e. The lowest BCUT2D eigenvalue weighted by molar-refractivity contribution is -0.108. The van der Waals surface area contributed by atoms with Crippen molar-refractivity contribution in [2.24, 2.45) is 0 Å². The van der Waals surface area contributed by atoms with Crippen molar-refractivity contribution >= 4 is 6.29 Å². The zero-order chi connectivity index (χ0) is 11.4. The molecule has 1 atom stereocenters. The van der Waals surface area contributed by atoms with E-state index < -0.39 is 0 Å². The first-order valence-electron chi connectivity index (χ1n) is 4.91. The van der Waals surface area contributed by atoms with Crippen molar-refractivity contribution in [2.75, 3.05) is 7.11 Å². The van der Waals surface area contributed by atoms with Crippen molar-refractivity contribution < 1.29 is 14.6 Å². The van der Waals surface area contributed by atoms with Crippen molar-refractivity contribution in [3.05, 3.63) is 23.3 Å². The molecule has 1 unspecified atom stereocenters. The lowest BCUT2D eigenvalue weighted by Gasteiger charge is -2.15. The summed E-state index contributed by atoms with van der Waals surface area (Å²) in [5, 5.41) is 9.78. The number of phenolic OH excluding ortho intramolecular Hbond substituents is 1. The van der Waals surface area contributed by atoms with Crippen LogP contribution in [0.4, 0.5) is 0 Å². The number of benzene rings is 1. The Kier molecular flexibility index (Phi) is 3.72. The first-order valence-corrected chi connectivity index (χ1v) is 4.91. The Labute approximate surface area is 89.7 Å². The first-order chi connectivity index (χ1) is 7.11. The number of carbonyl (C=O) groups is 1. The molecule has 0 fully saturated rings. The molecule has 82 valence electrons. The van der Waals surface area contributed by atoms with Crippen LogP contribution in [0, 0.1) is 6.92 Å². The third-order valence-electron chi connectivity index (χ3n) is 2.55. The summed E-state index contributed by atoms with van der Waals surface area (Å²) in [7, 11) is 1.52. The average Bonchev–Trinajstić information content (AvgIpc) is 2.22. The number of aldehydes is 1. The molecule has 0 aliphatic rings. The van der Waals surface area contributed by atoms with Crippen LogP contribution in [0.25, 0.3) is 0 Å². The van der Waals surface area contributed by atoms with Crippen LogP contribution in [0.2, 0.25) is 0 Å². The highest BCUT2D eigenvalue weighted by Gasteiger charge is 2.15. The van der Waals surface area contributed by atoms with E-state index in [1.165, 1.54) is 7.11 Å². The van der Waals surface area contributed by atoms with Gasteiger partial charge in [-0.25, -0.2) is 0 Å². The van der Waals surface area contributed by atoms with E-state index in [0.717, 1.165) is 17.4 Å². The van der Waals surface area contributed by atoms with Crippen LogP contribution in [0.15, 0.2) is 12.1 Å². The lowest BCUT2D eigenvalue weighted by Crippen LogP contribution is -1.99. The van der Waals surface area contributed by atoms with Gasteiger partial charge in [0.25, 0.3) is 0 Å². The molecule has 0 bridgehead atoms. The second kappa shape index (κ2) is 4.82. The van der Waals surface area contributed by atoms with Crippen LogP contribution in [0.3, 0.4) is 0 Å². The molecule has 0 amide bonds. The van der Waals surface area contributed by atoms with E-state index in [2.05, 4.69) is 0 Å². The van der Waals surface area contributed by atoms with Crippen molar-refractivity contribution in [3.8, 4) is 11.5 Å². The minimum atomic E-state index is 0.0592. The zero-order valence-electron chi connectivity index (χ0n) is 9.28. The third-order valence-corrected chi connectivity index (χ3v) is 2.55. The van der Waals surface area contributed by atoms with Crippen LogP contribution in [-0.2, 0) is 4.79 Å². The van der Waals surface area contributed by atoms with Gasteiger partial charge in [-0.3, -0.25) is 0 Å². The van der Waals surface area contributed by atoms with Gasteiger partial charge in [-0.05, 0) is 18.4 Å². The molecule has 0 saturated carbocycles. The van der Waals surface area contributed by atoms with Gasteiger partial charge >= 0.3 is 0 Å². The number of hydrogen-bond acceptors (Lipinski definition) is 3. The minimum absolute atomic E-state index is 0.0592. The molecule has 1 rings (SSSR count). The van der Waals surface area contributed by atoms with E-state index in [-0.39, 0.29) is 11.7 Å². The SMILES string of the molecule is COc1c(C(C)CC=O)ccc(C)c1O. The number of aryl methyl sites for hydroxylation is 1. The summed E-state index contributed by atoms with van der Waals surface area (Å²) in [6, 6.07) is 3.72. The fraction of sp³-hybridized carbons (Fsp3) is 0.417. The molecule has 0 spiro atoms. The number of methoxy groups -OCH3 is 1. The minimum Gasteiger partial charge on any atom is -0.504 e. The number of carbonyl (C=O) groups excluding carboxylic acids is 1. The van der Waals surface area contributed by atoms with Crippen molar-refractivity contribution in [3.63, 3.8) is 0 Å². The molecular weight excluding hydrogens is 192 g/mol. The standard InChI is InChI=1S/C12H16O3/c1-8(6-7-13)10-5-4-9(2)11(14)12(10)15-3/h4-5,7-8,14H,6H2,1-3H3. The number of phenols is 1. The number of hydrogen-bond donors (Lipinski definition) is 1. The Balaban J connectivity index is 3.17. The van der Waals surface area contributed by atoms with Crippen LogP contribution in [-0.4, -0.2) is 18.5 Å². The van der Waals surface area contributed by atoms with Gasteiger partial charge in [0.05, 0.1) is 7.11 Å². The Bertz CT molecular complexity index is 358. The van der Waals surface area contributed by atoms with E-state index in [9.17, 15) is 9.90 Å². The molecule has 0 radical (unpaired) electrons. The molecule has 1 aromatic rings. The molecule has 0 aliphatic carbocycles. The van der Waals surface area contributed by atoms with Crippen LogP contribution >= 0.6 is 0 Å². The second-order valence-electron chi connectivity index (χ2n) is 3.66. The number of aromatic hydroxyl groups is 1. The third kappa shape index (κ3) is 2.29. The molecule has 0 heterocycles. The van der Waals surface area contributed by atoms with E-state index in [0.29, 0.717) is 12.2 Å². The largest absolute Gasteiger partial charge is 0.504 e. The summed E-state index contributed by atoms with van der Waals surface area (Å²) in [6.45, 7) is 3.74. The predicted molar refractivity (Wildman–Crippen MR) is 58.5 cm³/mol. The van der Waals surface area contributed by atoms with Crippen molar-refractivity contribution in [1.29, 1.82) is 0 Å². The van der Waals surface area contributed by atoms with Crippen molar-refractivity contribution in [1.82, 2.24) is 0 Å². The van der Waals surface area contributed by atoms with Gasteiger partial charge in [-0.2, -0.15) is 0 Å². The predicted octanol–water partition coefficient (Wildman–Crippen LogP) is 2.40. The smallest absolute Gasteiger partial charge is 0.164 e. The molecule has 3 heteroatoms. The zero-order valence-corrected chi connectivity index (χ0v) is 9.28. The topological polar surface area (TPSA) is 46.5 Å². The van der Waals surface area contributed by atoms with Crippen LogP contribution in [0.1, 0.15) is 30.4 Å². The lowest BCUT2D eigenvalue weighted by atomic mass is 9.96. The summed E-state index contributed by atoms with van der Waals surface area (Å²) in [5.74, 6) is 0.695. The molecule has 15 heavy (non-hydrogen) atoms. The first kappa shape index (κ1) is 11.6. The second-order valence-corrected chi connectivity index (χ2v) is 3.66. The Morgan fingerprint density at radius 2 is 2.20 bits per heavy atom. The highest BCUT2D eigenvalue weighted by Crippen LogP contribution is 2.37. The molecular formula is C12H16O3. The van der Waals surface area contributed by atoms with E-state index >= 15 is 0 Å². The fourth-order valence-corrected chi connectivity index (χ4v) is 1.56. The maximum absolute atomic E-state index is 10.4. The van der Waals surface area contributed by atoms with Crippen LogP contribution < -0.4 is 4.74 Å². The Morgan fingerprint density at radius 1 is 1.53 bits per heavy atom. The highest BCUT2D eigenvalue weighted by atomic mass is 16.5. The summed E-state index contributed by atoms with van der Waals surface area (Å²) in [6.07, 6.45) is 1.31.